The maximum absolute atomic E-state index is 12.8. The third-order valence-electron chi connectivity index (χ3n) is 5.73. The van der Waals surface area contributed by atoms with Crippen LogP contribution in [0.5, 0.6) is 0 Å². The van der Waals surface area contributed by atoms with Crippen molar-refractivity contribution in [3.63, 3.8) is 0 Å². The molecule has 0 bridgehead atoms. The number of amides is 1. The Morgan fingerprint density at radius 3 is 2.48 bits per heavy atom. The first-order valence-corrected chi connectivity index (χ1v) is 10.5. The van der Waals surface area contributed by atoms with E-state index in [0.29, 0.717) is 18.1 Å². The number of likely N-dealkylation sites (tertiary alicyclic amines) is 2. The number of hydrogen-bond donors (Lipinski definition) is 1. The van der Waals surface area contributed by atoms with Crippen molar-refractivity contribution in [1.82, 2.24) is 9.80 Å². The predicted octanol–water partition coefficient (Wildman–Crippen LogP) is 2.95. The second kappa shape index (κ2) is 9.01. The lowest BCUT2D eigenvalue weighted by molar-refractivity contribution is -0.192. The molecule has 0 aromatic carbocycles. The van der Waals surface area contributed by atoms with Crippen LogP contribution >= 0.6 is 11.3 Å². The molecule has 2 aliphatic heterocycles. The number of rotatable bonds is 4. The molecule has 1 aliphatic carbocycles. The zero-order chi connectivity index (χ0) is 21.2. The van der Waals surface area contributed by atoms with Gasteiger partial charge >= 0.3 is 12.1 Å². The van der Waals surface area contributed by atoms with Gasteiger partial charge in [0, 0.05) is 44.6 Å². The van der Waals surface area contributed by atoms with Gasteiger partial charge in [0.15, 0.2) is 0 Å². The van der Waals surface area contributed by atoms with Gasteiger partial charge < -0.3 is 19.6 Å². The van der Waals surface area contributed by atoms with Crippen LogP contribution in [-0.4, -0.2) is 78.4 Å². The van der Waals surface area contributed by atoms with Crippen LogP contribution in [-0.2, 0) is 9.53 Å². The molecule has 3 aliphatic rings. The number of piperidine rings is 1. The molecular weight excluding hydrogens is 409 g/mol. The van der Waals surface area contributed by atoms with Gasteiger partial charge in [0.25, 0.3) is 5.91 Å². The molecule has 0 radical (unpaired) electrons. The van der Waals surface area contributed by atoms with Gasteiger partial charge in [-0.3, -0.25) is 4.79 Å². The van der Waals surface area contributed by atoms with E-state index in [9.17, 15) is 18.0 Å². The highest BCUT2D eigenvalue weighted by Crippen LogP contribution is 2.36. The molecule has 0 spiro atoms. The number of carboxylic acids is 1. The molecule has 4 rings (SSSR count). The second-order valence-corrected chi connectivity index (χ2v) is 8.55. The van der Waals surface area contributed by atoms with Crippen molar-refractivity contribution in [1.29, 1.82) is 0 Å². The quantitative estimate of drug-likeness (QED) is 0.789. The first kappa shape index (κ1) is 22.0. The molecule has 2 saturated heterocycles. The minimum Gasteiger partial charge on any atom is -0.475 e. The minimum atomic E-state index is -5.08. The van der Waals surface area contributed by atoms with E-state index in [-0.39, 0.29) is 5.91 Å². The number of thiophene rings is 1. The summed E-state index contributed by atoms with van der Waals surface area (Å²) >= 11 is 1.60. The largest absolute Gasteiger partial charge is 0.490 e. The van der Waals surface area contributed by atoms with Gasteiger partial charge in [-0.15, -0.1) is 0 Å². The maximum atomic E-state index is 12.8. The highest BCUT2D eigenvalue weighted by Gasteiger charge is 2.46. The van der Waals surface area contributed by atoms with Crippen LogP contribution < -0.4 is 0 Å². The zero-order valence-corrected chi connectivity index (χ0v) is 16.9. The molecule has 3 fully saturated rings. The van der Waals surface area contributed by atoms with Crippen LogP contribution in [0, 0.1) is 11.8 Å². The average molecular weight is 434 g/mol. The Balaban J connectivity index is 0.000000298. The van der Waals surface area contributed by atoms with Crippen LogP contribution in [0.4, 0.5) is 13.2 Å². The molecule has 1 amide bonds. The fourth-order valence-electron chi connectivity index (χ4n) is 4.15. The minimum absolute atomic E-state index is 0.207. The number of carbonyl (C=O) groups excluding carboxylic acids is 1. The summed E-state index contributed by atoms with van der Waals surface area (Å²) in [7, 11) is 1.82. The lowest BCUT2D eigenvalue weighted by Gasteiger charge is -2.41. The summed E-state index contributed by atoms with van der Waals surface area (Å²) in [5, 5.41) is 11.1. The first-order valence-electron chi connectivity index (χ1n) is 9.59. The first-order chi connectivity index (χ1) is 13.7. The van der Waals surface area contributed by atoms with Crippen LogP contribution in [0.2, 0.25) is 0 Å². The molecule has 10 heteroatoms. The highest BCUT2D eigenvalue weighted by molar-refractivity contribution is 7.08. The Morgan fingerprint density at radius 2 is 1.97 bits per heavy atom. The summed E-state index contributed by atoms with van der Waals surface area (Å²) in [6.07, 6.45) is -1.04. The Kier molecular flexibility index (Phi) is 6.85. The van der Waals surface area contributed by atoms with E-state index < -0.39 is 12.1 Å². The Labute approximate surface area is 171 Å². The number of fused-ring (bicyclic) bond motifs is 1. The Morgan fingerprint density at radius 1 is 1.28 bits per heavy atom. The maximum Gasteiger partial charge on any atom is 0.490 e. The van der Waals surface area contributed by atoms with Crippen LogP contribution in [0.1, 0.15) is 29.6 Å². The van der Waals surface area contributed by atoms with Gasteiger partial charge in [0.2, 0.25) is 0 Å². The van der Waals surface area contributed by atoms with Crippen molar-refractivity contribution < 1.29 is 32.6 Å². The normalized spacial score (nSPS) is 27.2. The van der Waals surface area contributed by atoms with E-state index in [1.807, 2.05) is 23.9 Å². The van der Waals surface area contributed by atoms with Gasteiger partial charge in [0.05, 0.1) is 17.7 Å². The summed E-state index contributed by atoms with van der Waals surface area (Å²) in [6.45, 7) is 4.15. The van der Waals surface area contributed by atoms with Crippen molar-refractivity contribution in [2.45, 2.75) is 37.6 Å². The van der Waals surface area contributed by atoms with Gasteiger partial charge in [-0.2, -0.15) is 24.5 Å². The lowest BCUT2D eigenvalue weighted by atomic mass is 9.88. The predicted molar refractivity (Wildman–Crippen MR) is 101 cm³/mol. The fraction of sp³-hybridized carbons (Fsp3) is 0.684. The number of carboxylic acid groups (broad SMARTS) is 1. The number of ether oxygens (including phenoxy) is 1. The molecule has 3 heterocycles. The molecule has 1 N–H and O–H groups in total. The van der Waals surface area contributed by atoms with E-state index in [2.05, 4.69) is 9.80 Å². The van der Waals surface area contributed by atoms with Crippen LogP contribution in [0.3, 0.4) is 0 Å². The van der Waals surface area contributed by atoms with Gasteiger partial charge in [0.1, 0.15) is 0 Å². The monoisotopic (exact) mass is 434 g/mol. The number of nitrogens with zero attached hydrogens (tertiary/aromatic N) is 2. The van der Waals surface area contributed by atoms with Crippen LogP contribution in [0.25, 0.3) is 0 Å². The zero-order valence-electron chi connectivity index (χ0n) is 16.1. The summed E-state index contributed by atoms with van der Waals surface area (Å²) < 4.78 is 37.5. The molecule has 29 heavy (non-hydrogen) atoms. The number of halogens is 3. The Hall–Kier alpha value is -1.65. The van der Waals surface area contributed by atoms with Gasteiger partial charge in [-0.05, 0) is 36.6 Å². The molecule has 1 saturated carbocycles. The van der Waals surface area contributed by atoms with Crippen molar-refractivity contribution in [2.24, 2.45) is 11.8 Å². The molecule has 1 aromatic rings. The summed E-state index contributed by atoms with van der Waals surface area (Å²) in [6, 6.07) is 2.27. The van der Waals surface area contributed by atoms with Crippen molar-refractivity contribution >= 4 is 23.2 Å². The van der Waals surface area contributed by atoms with Crippen LogP contribution in [0.15, 0.2) is 16.8 Å². The van der Waals surface area contributed by atoms with E-state index >= 15 is 0 Å². The highest BCUT2D eigenvalue weighted by atomic mass is 32.1. The number of alkyl halides is 3. The van der Waals surface area contributed by atoms with E-state index in [4.69, 9.17) is 14.6 Å². The smallest absolute Gasteiger partial charge is 0.475 e. The number of carbonyl (C=O) groups is 2. The van der Waals surface area contributed by atoms with Gasteiger partial charge in [-0.25, -0.2) is 4.79 Å². The lowest BCUT2D eigenvalue weighted by Crippen LogP contribution is -2.53. The molecule has 162 valence electrons. The fourth-order valence-corrected chi connectivity index (χ4v) is 4.78. The topological polar surface area (TPSA) is 70.1 Å². The number of hydrogen-bond acceptors (Lipinski definition) is 5. The van der Waals surface area contributed by atoms with Crippen molar-refractivity contribution in [2.75, 3.05) is 33.3 Å². The third-order valence-corrected chi connectivity index (χ3v) is 6.41. The SMILES string of the molecule is CO[C@H]1CCN(C(=O)c2ccsc2)[C@@H]2CN(CC3CC3)C[C@H]12.O=C(O)C(F)(F)F. The number of aliphatic carboxylic acids is 1. The Bertz CT molecular complexity index is 709. The third kappa shape index (κ3) is 5.49. The summed E-state index contributed by atoms with van der Waals surface area (Å²) in [5.74, 6) is -1.17. The molecule has 3 atom stereocenters. The van der Waals surface area contributed by atoms with Gasteiger partial charge in [-0.1, -0.05) is 0 Å². The summed E-state index contributed by atoms with van der Waals surface area (Å²) in [5.41, 5.74) is 0.847. The summed E-state index contributed by atoms with van der Waals surface area (Å²) in [4.78, 5) is 26.4. The molecule has 6 nitrogen and oxygen atoms in total. The van der Waals surface area contributed by atoms with Crippen molar-refractivity contribution in [3.05, 3.63) is 22.4 Å². The molecular formula is C19H25F3N2O4S. The van der Waals surface area contributed by atoms with E-state index in [0.717, 1.165) is 37.5 Å². The molecule has 1 aromatic heterocycles. The van der Waals surface area contributed by atoms with E-state index in [1.54, 1.807) is 11.3 Å². The van der Waals surface area contributed by atoms with E-state index in [1.165, 1.54) is 19.4 Å². The molecule has 0 unspecified atom stereocenters. The van der Waals surface area contributed by atoms with Crippen molar-refractivity contribution in [3.8, 4) is 0 Å². The second-order valence-electron chi connectivity index (χ2n) is 7.77. The standard InChI is InChI=1S/C17H24N2O2S.C2HF3O2/c1-21-16-4-6-19(17(20)13-5-7-22-11-13)15-10-18(9-14(15)16)8-12-2-3-12;3-2(4,5)1(6)7/h5,7,11-12,14-16H,2-4,6,8-10H2,1H3;(H,6,7)/t14-,15+,16-;/m0./s1. The average Bonchev–Trinajstić information content (AvgIpc) is 3.15. The number of methoxy groups -OCH3 is 1.